The predicted molar refractivity (Wildman–Crippen MR) is 37.4 cm³/mol. The van der Waals surface area contributed by atoms with Crippen LogP contribution in [-0.2, 0) is 0 Å². The maximum absolute atomic E-state index is 10.0. The third-order valence-corrected chi connectivity index (χ3v) is 1.36. The lowest BCUT2D eigenvalue weighted by Gasteiger charge is -2.04. The van der Waals surface area contributed by atoms with Gasteiger partial charge in [0.15, 0.2) is 0 Å². The van der Waals surface area contributed by atoms with Gasteiger partial charge in [0.05, 0.1) is 6.10 Å². The Morgan fingerprint density at radius 3 is 2.30 bits per heavy atom. The Kier molecular flexibility index (Phi) is 3.95. The van der Waals surface area contributed by atoms with E-state index in [0.717, 1.165) is 0 Å². The Labute approximate surface area is 60.0 Å². The largest absolute Gasteiger partial charge is 0.393 e. The van der Waals surface area contributed by atoms with E-state index in [4.69, 9.17) is 5.11 Å². The number of rotatable bonds is 4. The fourth-order valence-corrected chi connectivity index (χ4v) is 0.588. The van der Waals surface area contributed by atoms with Crippen LogP contribution in [-0.4, -0.2) is 22.2 Å². The highest BCUT2D eigenvalue weighted by molar-refractivity contribution is 4.52. The van der Waals surface area contributed by atoms with Crippen LogP contribution in [0.4, 0.5) is 0 Å². The van der Waals surface area contributed by atoms with E-state index < -0.39 is 12.1 Å². The molecule has 0 aliphatic heterocycles. The Hall–Kier alpha value is -0.640. The van der Waals surface area contributed by atoms with Crippen LogP contribution in [0.5, 0.6) is 0 Å². The lowest BCUT2D eigenvalue weighted by atomic mass is 10.1. The van der Waals surface area contributed by atoms with E-state index >= 15 is 0 Å². The average Bonchev–Trinajstić information content (AvgIpc) is 1.82. The lowest BCUT2D eigenvalue weighted by Crippen LogP contribution is -2.16. The Bertz CT molecular complexity index is 114. The highest BCUT2D eigenvalue weighted by Crippen LogP contribution is 2.02. The molecule has 0 unspecified atom stereocenters. The quantitative estimate of drug-likeness (QED) is 0.472. The van der Waals surface area contributed by atoms with Crippen molar-refractivity contribution in [3.8, 4) is 0 Å². The molecule has 0 aliphatic rings. The molecule has 0 fully saturated rings. The summed E-state index contributed by atoms with van der Waals surface area (Å²) in [5.74, 6) is 0. The molecule has 1 N–H and O–H groups in total. The molecule has 0 aromatic heterocycles. The van der Waals surface area contributed by atoms with Gasteiger partial charge >= 0.3 is 0 Å². The molecule has 0 spiro atoms. The Morgan fingerprint density at radius 1 is 1.50 bits per heavy atom. The Balaban J connectivity index is 3.40. The van der Waals surface area contributed by atoms with Gasteiger partial charge in [-0.2, -0.15) is 0 Å². The second-order valence-electron chi connectivity index (χ2n) is 2.56. The zero-order chi connectivity index (χ0) is 8.15. The van der Waals surface area contributed by atoms with E-state index in [0.29, 0.717) is 12.8 Å². The topological polar surface area (TPSA) is 63.4 Å². The molecule has 60 valence electrons. The normalized spacial score (nSPS) is 16.3. The van der Waals surface area contributed by atoms with Gasteiger partial charge in [-0.15, -0.1) is 0 Å². The molecular formula is C6H13NO3. The zero-order valence-electron chi connectivity index (χ0n) is 6.28. The van der Waals surface area contributed by atoms with Crippen molar-refractivity contribution in [1.29, 1.82) is 0 Å². The highest BCUT2D eigenvalue weighted by atomic mass is 16.6. The summed E-state index contributed by atoms with van der Waals surface area (Å²) in [7, 11) is 0. The van der Waals surface area contributed by atoms with Crippen molar-refractivity contribution in [2.24, 2.45) is 0 Å². The molecule has 0 aliphatic carbocycles. The minimum Gasteiger partial charge on any atom is -0.393 e. The maximum atomic E-state index is 10.0. The van der Waals surface area contributed by atoms with Gasteiger partial charge in [-0.3, -0.25) is 10.1 Å². The van der Waals surface area contributed by atoms with E-state index in [9.17, 15) is 10.1 Å². The summed E-state index contributed by atoms with van der Waals surface area (Å²) in [6.45, 7) is 3.18. The minimum atomic E-state index is -0.533. The van der Waals surface area contributed by atoms with Crippen molar-refractivity contribution >= 4 is 0 Å². The molecule has 0 saturated heterocycles. The van der Waals surface area contributed by atoms with Crippen LogP contribution in [0.15, 0.2) is 0 Å². The van der Waals surface area contributed by atoms with E-state index in [1.54, 1.807) is 13.8 Å². The number of nitrogens with zero attached hydrogens (tertiary/aromatic N) is 1. The summed E-state index contributed by atoms with van der Waals surface area (Å²) in [5.41, 5.74) is 0. The molecule has 4 heteroatoms. The van der Waals surface area contributed by atoms with Crippen LogP contribution in [0.25, 0.3) is 0 Å². The monoisotopic (exact) mass is 147 g/mol. The fraction of sp³-hybridized carbons (Fsp3) is 1.00. The van der Waals surface area contributed by atoms with Gasteiger partial charge < -0.3 is 5.11 Å². The minimum absolute atomic E-state index is 0.331. The standard InChI is InChI=1S/C6H13NO3/c1-5(7(9)10)3-4-6(2)8/h5-6,8H,3-4H2,1-2H3/t5-,6-/m0/s1. The smallest absolute Gasteiger partial charge is 0.210 e. The van der Waals surface area contributed by atoms with Crippen molar-refractivity contribution in [3.05, 3.63) is 10.1 Å². The van der Waals surface area contributed by atoms with Crippen LogP contribution in [0, 0.1) is 10.1 Å². The summed E-state index contributed by atoms with van der Waals surface area (Å²) < 4.78 is 0. The number of hydrogen-bond acceptors (Lipinski definition) is 3. The highest BCUT2D eigenvalue weighted by Gasteiger charge is 2.12. The molecule has 0 aromatic carbocycles. The molecular weight excluding hydrogens is 134 g/mol. The van der Waals surface area contributed by atoms with Gasteiger partial charge in [0, 0.05) is 18.3 Å². The summed E-state index contributed by atoms with van der Waals surface area (Å²) in [6, 6.07) is -0.533. The van der Waals surface area contributed by atoms with Gasteiger partial charge in [-0.05, 0) is 13.3 Å². The van der Waals surface area contributed by atoms with Crippen molar-refractivity contribution in [1.82, 2.24) is 0 Å². The van der Waals surface area contributed by atoms with Gasteiger partial charge in [0.25, 0.3) is 0 Å². The molecule has 2 atom stereocenters. The number of aliphatic hydroxyl groups excluding tert-OH is 1. The van der Waals surface area contributed by atoms with E-state index in [2.05, 4.69) is 0 Å². The van der Waals surface area contributed by atoms with Gasteiger partial charge in [0.2, 0.25) is 6.04 Å². The number of aliphatic hydroxyl groups is 1. The van der Waals surface area contributed by atoms with Crippen molar-refractivity contribution in [2.45, 2.75) is 38.8 Å². The second kappa shape index (κ2) is 4.22. The first kappa shape index (κ1) is 9.36. The molecule has 0 amide bonds. The van der Waals surface area contributed by atoms with Crippen molar-refractivity contribution in [2.75, 3.05) is 0 Å². The van der Waals surface area contributed by atoms with Gasteiger partial charge in [-0.1, -0.05) is 0 Å². The van der Waals surface area contributed by atoms with Crippen molar-refractivity contribution < 1.29 is 10.0 Å². The lowest BCUT2D eigenvalue weighted by molar-refractivity contribution is -0.519. The van der Waals surface area contributed by atoms with E-state index in [-0.39, 0.29) is 4.92 Å². The van der Waals surface area contributed by atoms with Gasteiger partial charge in [0.1, 0.15) is 0 Å². The zero-order valence-corrected chi connectivity index (χ0v) is 6.28. The fourth-order valence-electron chi connectivity index (χ4n) is 0.588. The van der Waals surface area contributed by atoms with Crippen LogP contribution in [0.1, 0.15) is 26.7 Å². The number of hydrogen-bond donors (Lipinski definition) is 1. The van der Waals surface area contributed by atoms with Crippen LogP contribution < -0.4 is 0 Å². The third kappa shape index (κ3) is 4.26. The first-order valence-electron chi connectivity index (χ1n) is 3.35. The number of nitro groups is 1. The van der Waals surface area contributed by atoms with E-state index in [1.807, 2.05) is 0 Å². The maximum Gasteiger partial charge on any atom is 0.210 e. The summed E-state index contributed by atoms with van der Waals surface area (Å²) in [6.07, 6.45) is 0.523. The molecule has 0 rings (SSSR count). The molecule has 0 radical (unpaired) electrons. The second-order valence-corrected chi connectivity index (χ2v) is 2.56. The Morgan fingerprint density at radius 2 is 2.00 bits per heavy atom. The van der Waals surface area contributed by atoms with Crippen LogP contribution >= 0.6 is 0 Å². The summed E-state index contributed by atoms with van der Waals surface area (Å²) in [5, 5.41) is 18.8. The molecule has 0 heterocycles. The molecule has 0 bridgehead atoms. The SMILES string of the molecule is C[C@H](O)CC[C@H](C)[N+](=O)[O-]. The predicted octanol–water partition coefficient (Wildman–Crippen LogP) is 0.813. The molecule has 10 heavy (non-hydrogen) atoms. The van der Waals surface area contributed by atoms with Crippen LogP contribution in [0.3, 0.4) is 0 Å². The molecule has 0 aromatic rings. The summed E-state index contributed by atoms with van der Waals surface area (Å²) >= 11 is 0. The summed E-state index contributed by atoms with van der Waals surface area (Å²) in [4.78, 5) is 9.70. The first-order valence-corrected chi connectivity index (χ1v) is 3.35. The van der Waals surface area contributed by atoms with E-state index in [1.165, 1.54) is 0 Å². The average molecular weight is 147 g/mol. The third-order valence-electron chi connectivity index (χ3n) is 1.36. The molecule has 0 saturated carbocycles. The first-order chi connectivity index (χ1) is 4.54. The molecule has 4 nitrogen and oxygen atoms in total. The van der Waals surface area contributed by atoms with Crippen LogP contribution in [0.2, 0.25) is 0 Å². The van der Waals surface area contributed by atoms with Gasteiger partial charge in [-0.25, -0.2) is 0 Å². The van der Waals surface area contributed by atoms with Crippen molar-refractivity contribution in [3.63, 3.8) is 0 Å².